The second-order valence-electron chi connectivity index (χ2n) is 5.55. The van der Waals surface area contributed by atoms with E-state index in [9.17, 15) is 19.4 Å². The van der Waals surface area contributed by atoms with Crippen LogP contribution in [0.3, 0.4) is 0 Å². The number of aromatic nitrogens is 4. The van der Waals surface area contributed by atoms with E-state index in [4.69, 9.17) is 15.0 Å². The van der Waals surface area contributed by atoms with Gasteiger partial charge in [0.25, 0.3) is 5.56 Å². The molecule has 0 saturated carbocycles. The molecule has 130 valence electrons. The predicted octanol–water partition coefficient (Wildman–Crippen LogP) is -1.51. The first-order valence-corrected chi connectivity index (χ1v) is 8.46. The number of nitrogen functional groups attached to an aromatic ring is 1. The maximum absolute atomic E-state index is 12.1. The summed E-state index contributed by atoms with van der Waals surface area (Å²) in [6.45, 7) is -0.212. The van der Waals surface area contributed by atoms with Crippen molar-refractivity contribution < 1.29 is 28.3 Å². The lowest BCUT2D eigenvalue weighted by molar-refractivity contribution is -0.0664. The number of ether oxygens (including phenoxy) is 1. The Kier molecular flexibility index (Phi) is 3.33. The monoisotopic (exact) mass is 359 g/mol. The number of phosphoric acid groups is 1. The van der Waals surface area contributed by atoms with Crippen LogP contribution in [0, 0.1) is 0 Å². The number of aliphatic hydroxyl groups excluding tert-OH is 1. The number of nitrogens with two attached hydrogens (primary N) is 1. The van der Waals surface area contributed by atoms with Crippen LogP contribution >= 0.6 is 7.82 Å². The Morgan fingerprint density at radius 3 is 3.00 bits per heavy atom. The highest BCUT2D eigenvalue weighted by Gasteiger charge is 2.52. The fraction of sp³-hybridized carbons (Fsp3) is 0.545. The molecule has 0 spiro atoms. The van der Waals surface area contributed by atoms with E-state index in [1.54, 1.807) is 0 Å². The standard InChI is InChI=1S/C11H14N5O7P/c1-15-9(18)5-8(14-11(15)12)16(3-13-5)10-6(17)7-4(22-10)2-21-24(19,20)23-7/h3-4,6-7,10,17H,2H2,1H3,(H2,12,14)(H,19,20)/t4-,6-,7-,10-/m1/s1. The summed E-state index contributed by atoms with van der Waals surface area (Å²) >= 11 is 0. The zero-order valence-electron chi connectivity index (χ0n) is 12.3. The highest BCUT2D eigenvalue weighted by atomic mass is 31.2. The SMILES string of the molecule is Cn1c(N)nc2c(ncn2[C@@H]2O[C@@H]3COP(=O)(O)O[C@H]3[C@H]2O)c1=O. The number of aliphatic hydroxyl groups is 1. The first-order chi connectivity index (χ1) is 11.3. The van der Waals surface area contributed by atoms with Gasteiger partial charge >= 0.3 is 7.82 Å². The molecule has 2 fully saturated rings. The third kappa shape index (κ3) is 2.19. The Morgan fingerprint density at radius 2 is 2.25 bits per heavy atom. The van der Waals surface area contributed by atoms with Gasteiger partial charge in [-0.1, -0.05) is 0 Å². The van der Waals surface area contributed by atoms with Crippen LogP contribution in [-0.4, -0.2) is 54.0 Å². The van der Waals surface area contributed by atoms with Gasteiger partial charge in [-0.15, -0.1) is 0 Å². The zero-order chi connectivity index (χ0) is 17.2. The quantitative estimate of drug-likeness (QED) is 0.510. The van der Waals surface area contributed by atoms with Gasteiger partial charge in [0.1, 0.15) is 18.3 Å². The molecule has 0 aromatic carbocycles. The molecule has 0 amide bonds. The van der Waals surface area contributed by atoms with Crippen LogP contribution in [0.2, 0.25) is 0 Å². The molecular formula is C11H14N5O7P. The van der Waals surface area contributed by atoms with Crippen molar-refractivity contribution in [2.45, 2.75) is 24.5 Å². The summed E-state index contributed by atoms with van der Waals surface area (Å²) in [7, 11) is -2.76. The van der Waals surface area contributed by atoms with Gasteiger partial charge in [0.2, 0.25) is 5.95 Å². The van der Waals surface area contributed by atoms with Crippen LogP contribution < -0.4 is 11.3 Å². The fourth-order valence-electron chi connectivity index (χ4n) is 2.81. The molecule has 0 radical (unpaired) electrons. The third-order valence-electron chi connectivity index (χ3n) is 4.08. The molecular weight excluding hydrogens is 345 g/mol. The lowest BCUT2D eigenvalue weighted by atomic mass is 10.1. The lowest BCUT2D eigenvalue weighted by Gasteiger charge is -2.27. The van der Waals surface area contributed by atoms with E-state index in [1.165, 1.54) is 17.9 Å². The summed E-state index contributed by atoms with van der Waals surface area (Å²) < 4.78 is 29.2. The normalized spacial score (nSPS) is 36.1. The maximum Gasteiger partial charge on any atom is 0.472 e. The van der Waals surface area contributed by atoms with Gasteiger partial charge in [-0.25, -0.2) is 9.55 Å². The van der Waals surface area contributed by atoms with Crippen LogP contribution in [0.15, 0.2) is 11.1 Å². The first-order valence-electron chi connectivity index (χ1n) is 6.97. The molecule has 1 unspecified atom stereocenters. The minimum Gasteiger partial charge on any atom is -0.386 e. The van der Waals surface area contributed by atoms with Gasteiger partial charge in [0, 0.05) is 7.05 Å². The second-order valence-corrected chi connectivity index (χ2v) is 6.95. The number of hydrogen-bond acceptors (Lipinski definition) is 9. The number of imidazole rings is 1. The summed E-state index contributed by atoms with van der Waals surface area (Å²) in [6.07, 6.45) is -2.83. The Hall–Kier alpha value is -1.82. The minimum atomic E-state index is -4.22. The van der Waals surface area contributed by atoms with Crippen molar-refractivity contribution in [1.29, 1.82) is 0 Å². The Labute approximate surface area is 134 Å². The van der Waals surface area contributed by atoms with Crippen LogP contribution in [-0.2, 0) is 25.4 Å². The number of fused-ring (bicyclic) bond motifs is 2. The average Bonchev–Trinajstić information content (AvgIpc) is 3.06. The van der Waals surface area contributed by atoms with Crippen molar-refractivity contribution in [2.75, 3.05) is 12.3 Å². The Balaban J connectivity index is 1.76. The van der Waals surface area contributed by atoms with Crippen molar-refractivity contribution in [3.63, 3.8) is 0 Å². The highest BCUT2D eigenvalue weighted by Crippen LogP contribution is 2.52. The summed E-state index contributed by atoms with van der Waals surface area (Å²) in [6, 6.07) is 0. The van der Waals surface area contributed by atoms with Crippen LogP contribution in [0.5, 0.6) is 0 Å². The van der Waals surface area contributed by atoms with Crippen molar-refractivity contribution in [2.24, 2.45) is 7.05 Å². The smallest absolute Gasteiger partial charge is 0.386 e. The van der Waals surface area contributed by atoms with Crippen molar-refractivity contribution in [3.05, 3.63) is 16.7 Å². The van der Waals surface area contributed by atoms with Crippen molar-refractivity contribution in [1.82, 2.24) is 19.1 Å². The summed E-state index contributed by atoms with van der Waals surface area (Å²) in [5.74, 6) is -0.0291. The number of rotatable bonds is 1. The molecule has 2 aliphatic rings. The molecule has 2 aromatic heterocycles. The lowest BCUT2D eigenvalue weighted by Crippen LogP contribution is -2.39. The minimum absolute atomic E-state index is 0.0291. The van der Waals surface area contributed by atoms with Crippen molar-refractivity contribution in [3.8, 4) is 0 Å². The molecule has 0 bridgehead atoms. The van der Waals surface area contributed by atoms with E-state index in [1.807, 2.05) is 0 Å². The number of anilines is 1. The zero-order valence-corrected chi connectivity index (χ0v) is 13.2. The molecule has 12 nitrogen and oxygen atoms in total. The van der Waals surface area contributed by atoms with Crippen LogP contribution in [0.25, 0.3) is 11.2 Å². The van der Waals surface area contributed by atoms with E-state index in [-0.39, 0.29) is 23.7 Å². The highest BCUT2D eigenvalue weighted by molar-refractivity contribution is 7.47. The molecule has 2 saturated heterocycles. The second kappa shape index (κ2) is 5.09. The first kappa shape index (κ1) is 15.7. The summed E-state index contributed by atoms with van der Waals surface area (Å²) in [5.41, 5.74) is 5.44. The molecule has 4 rings (SSSR count). The van der Waals surface area contributed by atoms with Gasteiger partial charge in [-0.05, 0) is 0 Å². The number of phosphoric ester groups is 1. The van der Waals surface area contributed by atoms with Crippen LogP contribution in [0.4, 0.5) is 5.95 Å². The predicted molar refractivity (Wildman–Crippen MR) is 77.7 cm³/mol. The van der Waals surface area contributed by atoms with Gasteiger partial charge in [0.15, 0.2) is 17.4 Å². The number of hydrogen-bond donors (Lipinski definition) is 3. The summed E-state index contributed by atoms with van der Waals surface area (Å²) in [4.78, 5) is 29.6. The van der Waals surface area contributed by atoms with Crippen molar-refractivity contribution >= 4 is 24.9 Å². The molecule has 0 aliphatic carbocycles. The molecule has 2 aliphatic heterocycles. The van der Waals surface area contributed by atoms with Gasteiger partial charge < -0.3 is 20.5 Å². The molecule has 5 atom stereocenters. The van der Waals surface area contributed by atoms with Gasteiger partial charge in [-0.3, -0.25) is 23.0 Å². The molecule has 24 heavy (non-hydrogen) atoms. The van der Waals surface area contributed by atoms with Gasteiger partial charge in [-0.2, -0.15) is 4.98 Å². The molecule has 13 heteroatoms. The Bertz CT molecular complexity index is 925. The van der Waals surface area contributed by atoms with E-state index < -0.39 is 37.9 Å². The van der Waals surface area contributed by atoms with E-state index in [0.717, 1.165) is 4.57 Å². The van der Waals surface area contributed by atoms with E-state index >= 15 is 0 Å². The maximum atomic E-state index is 12.1. The van der Waals surface area contributed by atoms with E-state index in [2.05, 4.69) is 14.5 Å². The number of nitrogens with zero attached hydrogens (tertiary/aromatic N) is 4. The topological polar surface area (TPSA) is 164 Å². The van der Waals surface area contributed by atoms with Crippen LogP contribution in [0.1, 0.15) is 6.23 Å². The molecule has 2 aromatic rings. The molecule has 4 heterocycles. The average molecular weight is 359 g/mol. The third-order valence-corrected chi connectivity index (χ3v) is 5.06. The largest absolute Gasteiger partial charge is 0.472 e. The summed E-state index contributed by atoms with van der Waals surface area (Å²) in [5, 5.41) is 10.4. The van der Waals surface area contributed by atoms with E-state index in [0.29, 0.717) is 0 Å². The molecule has 4 N–H and O–H groups in total. The van der Waals surface area contributed by atoms with Gasteiger partial charge in [0.05, 0.1) is 12.9 Å². The Morgan fingerprint density at radius 1 is 1.50 bits per heavy atom. The fourth-order valence-corrected chi connectivity index (χ4v) is 3.78.